The number of hydrogen-bond acceptors (Lipinski definition) is 2. The fraction of sp³-hybridized carbons (Fsp3) is 0.700. The number of piperidine rings is 1. The van der Waals surface area contributed by atoms with E-state index in [4.69, 9.17) is 5.11 Å². The Morgan fingerprint density at radius 2 is 1.60 bits per heavy atom. The van der Waals surface area contributed by atoms with Crippen LogP contribution in [0.5, 0.6) is 0 Å². The molecule has 1 saturated heterocycles. The topological polar surface area (TPSA) is 23.5 Å². The number of benzene rings is 1. The van der Waals surface area contributed by atoms with Crippen molar-refractivity contribution in [3.8, 4) is 0 Å². The van der Waals surface area contributed by atoms with E-state index in [0.29, 0.717) is 12.0 Å². The maximum Gasteiger partial charge on any atom is 0.416 e. The number of halogens is 3. The Balaban J connectivity index is 1.96. The molecule has 1 heterocycles. The fourth-order valence-electron chi connectivity index (χ4n) is 3.96. The van der Waals surface area contributed by atoms with Gasteiger partial charge in [0, 0.05) is 12.6 Å². The molecule has 1 unspecified atom stereocenters. The number of aliphatic hydroxyl groups is 1. The first-order valence-electron chi connectivity index (χ1n) is 9.16. The smallest absolute Gasteiger partial charge is 0.396 e. The van der Waals surface area contributed by atoms with Crippen molar-refractivity contribution in [1.29, 1.82) is 0 Å². The van der Waals surface area contributed by atoms with Gasteiger partial charge >= 0.3 is 6.18 Å². The number of likely N-dealkylation sites (tertiary alicyclic amines) is 1. The molecular formula is C20H30F3NO. The van der Waals surface area contributed by atoms with Crippen molar-refractivity contribution >= 4 is 0 Å². The van der Waals surface area contributed by atoms with E-state index in [1.165, 1.54) is 12.1 Å². The third-order valence-electron chi connectivity index (χ3n) is 5.61. The van der Waals surface area contributed by atoms with Crippen LogP contribution < -0.4 is 0 Å². The van der Waals surface area contributed by atoms with E-state index in [0.717, 1.165) is 44.3 Å². The zero-order valence-electron chi connectivity index (χ0n) is 15.4. The average Bonchev–Trinajstić information content (AvgIpc) is 2.55. The third-order valence-corrected chi connectivity index (χ3v) is 5.61. The van der Waals surface area contributed by atoms with Crippen LogP contribution in [0.2, 0.25) is 0 Å². The van der Waals surface area contributed by atoms with Crippen molar-refractivity contribution in [3.63, 3.8) is 0 Å². The van der Waals surface area contributed by atoms with Gasteiger partial charge in [-0.05, 0) is 74.7 Å². The molecule has 1 aliphatic heterocycles. The summed E-state index contributed by atoms with van der Waals surface area (Å²) in [6.07, 6.45) is -0.256. The standard InChI is InChI=1S/C20H30F3NO/c1-15(24-11-8-16(9-12-24)10-13-25)14-19(2,3)17-4-6-18(7-5-17)20(21,22)23/h4-7,15-16,25H,8-14H2,1-3H3. The van der Waals surface area contributed by atoms with Gasteiger partial charge in [0.1, 0.15) is 0 Å². The monoisotopic (exact) mass is 357 g/mol. The molecule has 1 aliphatic rings. The Bertz CT molecular complexity index is 531. The molecule has 25 heavy (non-hydrogen) atoms. The Morgan fingerprint density at radius 1 is 1.08 bits per heavy atom. The predicted molar refractivity (Wildman–Crippen MR) is 94.5 cm³/mol. The number of aliphatic hydroxyl groups excluding tert-OH is 1. The minimum atomic E-state index is -4.28. The Kier molecular flexibility index (Phi) is 6.55. The van der Waals surface area contributed by atoms with Crippen molar-refractivity contribution in [2.24, 2.45) is 5.92 Å². The lowest BCUT2D eigenvalue weighted by atomic mass is 9.78. The van der Waals surface area contributed by atoms with E-state index in [2.05, 4.69) is 25.7 Å². The van der Waals surface area contributed by atoms with Crippen molar-refractivity contribution in [1.82, 2.24) is 4.90 Å². The van der Waals surface area contributed by atoms with E-state index < -0.39 is 11.7 Å². The normalized spacial score (nSPS) is 19.2. The first-order valence-corrected chi connectivity index (χ1v) is 9.16. The first kappa shape index (κ1) is 20.2. The molecule has 0 radical (unpaired) electrons. The van der Waals surface area contributed by atoms with Crippen molar-refractivity contribution < 1.29 is 18.3 Å². The molecule has 0 bridgehead atoms. The molecule has 0 saturated carbocycles. The molecule has 1 N–H and O–H groups in total. The van der Waals surface area contributed by atoms with E-state index >= 15 is 0 Å². The van der Waals surface area contributed by atoms with Gasteiger partial charge < -0.3 is 10.0 Å². The van der Waals surface area contributed by atoms with Crippen LogP contribution in [0, 0.1) is 5.92 Å². The van der Waals surface area contributed by atoms with Gasteiger partial charge in [-0.1, -0.05) is 26.0 Å². The van der Waals surface area contributed by atoms with Crippen LogP contribution in [0.15, 0.2) is 24.3 Å². The largest absolute Gasteiger partial charge is 0.416 e. The van der Waals surface area contributed by atoms with Gasteiger partial charge in [0.05, 0.1) is 5.56 Å². The summed E-state index contributed by atoms with van der Waals surface area (Å²) in [7, 11) is 0. The summed E-state index contributed by atoms with van der Waals surface area (Å²) >= 11 is 0. The van der Waals surface area contributed by atoms with E-state index in [1.54, 1.807) is 12.1 Å². The van der Waals surface area contributed by atoms with Crippen molar-refractivity contribution in [3.05, 3.63) is 35.4 Å². The Morgan fingerprint density at radius 3 is 2.08 bits per heavy atom. The number of rotatable bonds is 6. The molecule has 5 heteroatoms. The van der Waals surface area contributed by atoms with Gasteiger partial charge in [0.25, 0.3) is 0 Å². The molecule has 1 aromatic rings. The second-order valence-corrected chi connectivity index (χ2v) is 8.00. The van der Waals surface area contributed by atoms with Crippen LogP contribution in [0.3, 0.4) is 0 Å². The van der Waals surface area contributed by atoms with Crippen molar-refractivity contribution in [2.75, 3.05) is 19.7 Å². The maximum absolute atomic E-state index is 12.7. The zero-order chi connectivity index (χ0) is 18.7. The lowest BCUT2D eigenvalue weighted by Gasteiger charge is -2.39. The summed E-state index contributed by atoms with van der Waals surface area (Å²) in [5, 5.41) is 9.06. The van der Waals surface area contributed by atoms with Gasteiger partial charge in [0.2, 0.25) is 0 Å². The highest BCUT2D eigenvalue weighted by Gasteiger charge is 2.32. The molecule has 0 amide bonds. The Labute approximate surface area is 149 Å². The molecule has 0 aliphatic carbocycles. The van der Waals surface area contributed by atoms with Crippen LogP contribution in [0.1, 0.15) is 57.6 Å². The van der Waals surface area contributed by atoms with Crippen LogP contribution in [-0.4, -0.2) is 35.7 Å². The number of nitrogens with zero attached hydrogens (tertiary/aromatic N) is 1. The van der Waals surface area contributed by atoms with Gasteiger partial charge in [-0.2, -0.15) is 13.2 Å². The predicted octanol–water partition coefficient (Wildman–Crippen LogP) is 4.86. The summed E-state index contributed by atoms with van der Waals surface area (Å²) in [4.78, 5) is 2.47. The highest BCUT2D eigenvalue weighted by Crippen LogP contribution is 2.34. The number of alkyl halides is 3. The molecule has 1 fully saturated rings. The average molecular weight is 357 g/mol. The highest BCUT2D eigenvalue weighted by molar-refractivity contribution is 5.29. The quantitative estimate of drug-likeness (QED) is 0.786. The Hall–Kier alpha value is -1.07. The minimum Gasteiger partial charge on any atom is -0.396 e. The van der Waals surface area contributed by atoms with Crippen LogP contribution >= 0.6 is 0 Å². The minimum absolute atomic E-state index is 0.175. The van der Waals surface area contributed by atoms with E-state index in [9.17, 15) is 13.2 Å². The van der Waals surface area contributed by atoms with E-state index in [1.807, 2.05) is 0 Å². The highest BCUT2D eigenvalue weighted by atomic mass is 19.4. The lowest BCUT2D eigenvalue weighted by Crippen LogP contribution is -2.42. The third kappa shape index (κ3) is 5.45. The SMILES string of the molecule is CC(CC(C)(C)c1ccc(C(F)(F)F)cc1)N1CCC(CCO)CC1. The molecule has 0 spiro atoms. The first-order chi connectivity index (χ1) is 11.6. The molecule has 2 nitrogen and oxygen atoms in total. The molecule has 142 valence electrons. The second-order valence-electron chi connectivity index (χ2n) is 8.00. The second kappa shape index (κ2) is 8.09. The van der Waals surface area contributed by atoms with Crippen LogP contribution in [-0.2, 0) is 11.6 Å². The number of hydrogen-bond donors (Lipinski definition) is 1. The fourth-order valence-corrected chi connectivity index (χ4v) is 3.96. The van der Waals surface area contributed by atoms with Crippen LogP contribution in [0.4, 0.5) is 13.2 Å². The summed E-state index contributed by atoms with van der Waals surface area (Å²) < 4.78 is 38.2. The summed E-state index contributed by atoms with van der Waals surface area (Å²) in [5.41, 5.74) is 0.180. The summed E-state index contributed by atoms with van der Waals surface area (Å²) in [6, 6.07) is 5.98. The molecule has 1 atom stereocenters. The van der Waals surface area contributed by atoms with Gasteiger partial charge in [-0.3, -0.25) is 0 Å². The maximum atomic E-state index is 12.7. The summed E-state index contributed by atoms with van der Waals surface area (Å²) in [6.45, 7) is 8.75. The van der Waals surface area contributed by atoms with Crippen LogP contribution in [0.25, 0.3) is 0 Å². The molecular weight excluding hydrogens is 327 g/mol. The summed E-state index contributed by atoms with van der Waals surface area (Å²) in [5.74, 6) is 0.622. The van der Waals surface area contributed by atoms with Crippen molar-refractivity contribution in [2.45, 2.75) is 64.1 Å². The zero-order valence-corrected chi connectivity index (χ0v) is 15.4. The molecule has 1 aromatic carbocycles. The van der Waals surface area contributed by atoms with Gasteiger partial charge in [-0.25, -0.2) is 0 Å². The molecule has 2 rings (SSSR count). The molecule has 0 aromatic heterocycles. The van der Waals surface area contributed by atoms with Gasteiger partial charge in [0.15, 0.2) is 0 Å². The lowest BCUT2D eigenvalue weighted by molar-refractivity contribution is -0.137. The van der Waals surface area contributed by atoms with Gasteiger partial charge in [-0.15, -0.1) is 0 Å². The van der Waals surface area contributed by atoms with E-state index in [-0.39, 0.29) is 12.0 Å².